The molecule has 30 heavy (non-hydrogen) atoms. The van der Waals surface area contributed by atoms with Gasteiger partial charge in [-0.15, -0.1) is 0 Å². The van der Waals surface area contributed by atoms with Crippen molar-refractivity contribution in [1.82, 2.24) is 4.98 Å². The number of aromatic nitrogens is 1. The maximum Gasteiger partial charge on any atom is 0.161 e. The molecule has 0 aliphatic carbocycles. The molecule has 0 aliphatic rings. The van der Waals surface area contributed by atoms with Crippen LogP contribution in [0.25, 0.3) is 10.8 Å². The van der Waals surface area contributed by atoms with Gasteiger partial charge in [0.1, 0.15) is 11.7 Å². The molecule has 1 aromatic heterocycles. The van der Waals surface area contributed by atoms with E-state index in [2.05, 4.69) is 21.4 Å². The van der Waals surface area contributed by atoms with Crippen molar-refractivity contribution in [3.63, 3.8) is 0 Å². The number of hydrogen-bond acceptors (Lipinski definition) is 7. The van der Waals surface area contributed by atoms with Crippen molar-refractivity contribution >= 4 is 33.9 Å². The number of nitrogens with one attached hydrogen (secondary N) is 1. The zero-order valence-electron chi connectivity index (χ0n) is 16.9. The second-order valence-electron chi connectivity index (χ2n) is 6.50. The van der Waals surface area contributed by atoms with Crippen molar-refractivity contribution in [3.8, 4) is 17.6 Å². The van der Waals surface area contributed by atoms with Crippen LogP contribution in [0.1, 0.15) is 12.5 Å². The van der Waals surface area contributed by atoms with E-state index in [1.54, 1.807) is 57.6 Å². The third-order valence-electron chi connectivity index (χ3n) is 4.22. The van der Waals surface area contributed by atoms with E-state index in [4.69, 9.17) is 26.2 Å². The number of nitrogens with two attached hydrogens (primary N) is 2. The van der Waals surface area contributed by atoms with Crippen LogP contribution in [0.4, 0.5) is 17.3 Å². The Hall–Kier alpha value is -4.25. The number of anilines is 2. The maximum atomic E-state index is 9.00. The summed E-state index contributed by atoms with van der Waals surface area (Å²) >= 11 is 0. The van der Waals surface area contributed by atoms with Crippen LogP contribution >= 0.6 is 0 Å². The minimum atomic E-state index is 0.242. The molecule has 3 aromatic rings. The average molecular weight is 402 g/mol. The average Bonchev–Trinajstić information content (AvgIpc) is 2.72. The van der Waals surface area contributed by atoms with Crippen molar-refractivity contribution in [2.24, 2.45) is 16.5 Å². The molecule has 0 fully saturated rings. The third kappa shape index (κ3) is 4.59. The van der Waals surface area contributed by atoms with Crippen LogP contribution in [-0.2, 0) is 0 Å². The van der Waals surface area contributed by atoms with Crippen LogP contribution in [-0.4, -0.2) is 25.0 Å². The fourth-order valence-electron chi connectivity index (χ4n) is 2.88. The highest BCUT2D eigenvalue weighted by atomic mass is 16.5. The Kier molecular flexibility index (Phi) is 6.03. The Morgan fingerprint density at radius 3 is 2.37 bits per heavy atom. The zero-order valence-corrected chi connectivity index (χ0v) is 16.9. The van der Waals surface area contributed by atoms with Gasteiger partial charge in [0, 0.05) is 16.8 Å². The minimum absolute atomic E-state index is 0.242. The van der Waals surface area contributed by atoms with Crippen molar-refractivity contribution in [3.05, 3.63) is 59.8 Å². The summed E-state index contributed by atoms with van der Waals surface area (Å²) in [6.07, 6.45) is 1.56. The summed E-state index contributed by atoms with van der Waals surface area (Å²) < 4.78 is 10.9. The first kappa shape index (κ1) is 20.5. The fourth-order valence-corrected chi connectivity index (χ4v) is 2.88. The van der Waals surface area contributed by atoms with Crippen molar-refractivity contribution in [1.29, 1.82) is 5.26 Å². The van der Waals surface area contributed by atoms with Gasteiger partial charge in [-0.3, -0.25) is 0 Å². The molecule has 0 unspecified atom stereocenters. The monoisotopic (exact) mass is 402 g/mol. The lowest BCUT2D eigenvalue weighted by molar-refractivity contribution is 0.356. The lowest BCUT2D eigenvalue weighted by Gasteiger charge is -2.14. The van der Waals surface area contributed by atoms with Gasteiger partial charge in [0.2, 0.25) is 0 Å². The molecule has 0 saturated heterocycles. The molecule has 1 heterocycles. The van der Waals surface area contributed by atoms with Crippen LogP contribution in [0.5, 0.6) is 11.5 Å². The molecule has 2 aromatic carbocycles. The molecule has 8 heteroatoms. The molecule has 0 bridgehead atoms. The topological polar surface area (TPSA) is 132 Å². The minimum Gasteiger partial charge on any atom is -0.493 e. The molecule has 0 radical (unpaired) electrons. The molecule has 152 valence electrons. The quantitative estimate of drug-likeness (QED) is 0.423. The summed E-state index contributed by atoms with van der Waals surface area (Å²) in [5.74, 6) is 2.36. The highest BCUT2D eigenvalue weighted by Crippen LogP contribution is 2.37. The molecular weight excluding hydrogens is 380 g/mol. The van der Waals surface area contributed by atoms with Crippen molar-refractivity contribution < 1.29 is 9.47 Å². The largest absolute Gasteiger partial charge is 0.493 e. The zero-order chi connectivity index (χ0) is 21.7. The molecule has 0 spiro atoms. The molecule has 0 saturated carbocycles. The number of methoxy groups -OCH3 is 2. The normalized spacial score (nSPS) is 11.8. The molecule has 0 atom stereocenters. The van der Waals surface area contributed by atoms with Gasteiger partial charge in [-0.25, -0.2) is 9.98 Å². The number of amidine groups is 1. The van der Waals surface area contributed by atoms with E-state index < -0.39 is 0 Å². The first-order valence-electron chi connectivity index (χ1n) is 9.05. The Bertz CT molecular complexity index is 1170. The third-order valence-corrected chi connectivity index (χ3v) is 4.22. The highest BCUT2D eigenvalue weighted by Gasteiger charge is 2.12. The highest BCUT2D eigenvalue weighted by molar-refractivity contribution is 5.99. The van der Waals surface area contributed by atoms with Crippen LogP contribution < -0.4 is 26.3 Å². The van der Waals surface area contributed by atoms with Gasteiger partial charge < -0.3 is 26.3 Å². The predicted octanol–water partition coefficient (Wildman–Crippen LogP) is 3.72. The number of pyridine rings is 1. The number of hydrogen-bond donors (Lipinski definition) is 3. The maximum absolute atomic E-state index is 9.00. The van der Waals surface area contributed by atoms with Crippen LogP contribution in [0.2, 0.25) is 0 Å². The Morgan fingerprint density at radius 1 is 1.10 bits per heavy atom. The predicted molar refractivity (Wildman–Crippen MR) is 119 cm³/mol. The number of ether oxygens (including phenoxy) is 2. The lowest BCUT2D eigenvalue weighted by Crippen LogP contribution is -2.10. The molecule has 0 amide bonds. The smallest absolute Gasteiger partial charge is 0.161 e. The SMILES string of the molecule is COc1cc2cc(/N=C(N)\C=C(\C)N)nc(Nc3ccc(C#N)cc3)c2cc1OC. The number of nitrogens with zero attached hydrogens (tertiary/aromatic N) is 3. The number of rotatable bonds is 6. The second-order valence-corrected chi connectivity index (χ2v) is 6.50. The molecular formula is C22H22N6O2. The van der Waals surface area contributed by atoms with Gasteiger partial charge in [0.15, 0.2) is 17.3 Å². The Labute approximate surface area is 174 Å². The number of nitriles is 1. The van der Waals surface area contributed by atoms with Gasteiger partial charge in [-0.1, -0.05) is 0 Å². The molecule has 8 nitrogen and oxygen atoms in total. The van der Waals surface area contributed by atoms with Crippen molar-refractivity contribution in [2.45, 2.75) is 6.92 Å². The van der Waals surface area contributed by atoms with E-state index in [-0.39, 0.29) is 5.84 Å². The van der Waals surface area contributed by atoms with Crippen molar-refractivity contribution in [2.75, 3.05) is 19.5 Å². The summed E-state index contributed by atoms with van der Waals surface area (Å²) in [5.41, 5.74) is 13.5. The molecule has 0 aliphatic heterocycles. The summed E-state index contributed by atoms with van der Waals surface area (Å²) in [6, 6.07) is 14.6. The Morgan fingerprint density at radius 2 is 1.77 bits per heavy atom. The van der Waals surface area contributed by atoms with Gasteiger partial charge in [0.05, 0.1) is 25.9 Å². The number of benzene rings is 2. The van der Waals surface area contributed by atoms with Crippen LogP contribution in [0, 0.1) is 11.3 Å². The fraction of sp³-hybridized carbons (Fsp3) is 0.136. The lowest BCUT2D eigenvalue weighted by atomic mass is 10.1. The van der Waals surface area contributed by atoms with E-state index in [0.717, 1.165) is 16.5 Å². The number of allylic oxidation sites excluding steroid dienone is 1. The number of fused-ring (bicyclic) bond motifs is 1. The number of aliphatic imine (C=N–C) groups is 1. The standard InChI is InChI=1S/C22H22N6O2/c1-13(24)8-20(25)27-21-10-15-9-18(29-2)19(30-3)11-17(15)22(28-21)26-16-6-4-14(12-23)5-7-16/h4-11H,24H2,1-3H3,(H3,25,26,27,28)/b13-8-. The van der Waals surface area contributed by atoms with E-state index >= 15 is 0 Å². The van der Waals surface area contributed by atoms with E-state index in [9.17, 15) is 0 Å². The van der Waals surface area contributed by atoms with E-state index in [0.29, 0.717) is 34.4 Å². The summed E-state index contributed by atoms with van der Waals surface area (Å²) in [5, 5.41) is 13.9. The molecule has 5 N–H and O–H groups in total. The summed E-state index contributed by atoms with van der Waals surface area (Å²) in [4.78, 5) is 8.96. The first-order valence-corrected chi connectivity index (χ1v) is 9.05. The summed E-state index contributed by atoms with van der Waals surface area (Å²) in [6.45, 7) is 1.73. The van der Waals surface area contributed by atoms with E-state index in [1.165, 1.54) is 0 Å². The van der Waals surface area contributed by atoms with Gasteiger partial charge >= 0.3 is 0 Å². The van der Waals surface area contributed by atoms with Gasteiger partial charge in [-0.05, 0) is 60.9 Å². The van der Waals surface area contributed by atoms with Gasteiger partial charge in [-0.2, -0.15) is 5.26 Å². The van der Waals surface area contributed by atoms with E-state index in [1.807, 2.05) is 12.1 Å². The van der Waals surface area contributed by atoms with Crippen LogP contribution in [0.3, 0.4) is 0 Å². The first-order chi connectivity index (χ1) is 14.4. The van der Waals surface area contributed by atoms with Gasteiger partial charge in [0.25, 0.3) is 0 Å². The Balaban J connectivity index is 2.17. The van der Waals surface area contributed by atoms with Crippen LogP contribution in [0.15, 0.2) is 59.2 Å². The molecule has 3 rings (SSSR count). The second kappa shape index (κ2) is 8.84. The summed E-state index contributed by atoms with van der Waals surface area (Å²) in [7, 11) is 3.15.